The van der Waals surface area contributed by atoms with Gasteiger partial charge in [0.2, 0.25) is 5.91 Å². The molecule has 2 aliphatic carbocycles. The molecule has 4 heteroatoms. The molecule has 4 fully saturated rings. The number of piperidine rings is 1. The fourth-order valence-corrected chi connectivity index (χ4v) is 5.20. The Labute approximate surface area is 133 Å². The van der Waals surface area contributed by atoms with Gasteiger partial charge in [-0.15, -0.1) is 0 Å². The van der Waals surface area contributed by atoms with Gasteiger partial charge < -0.3 is 15.4 Å². The molecule has 124 valence electrons. The van der Waals surface area contributed by atoms with E-state index in [9.17, 15) is 4.79 Å². The number of nitrogens with two attached hydrogens (primary N) is 1. The van der Waals surface area contributed by atoms with Crippen molar-refractivity contribution in [1.82, 2.24) is 4.90 Å². The van der Waals surface area contributed by atoms with Gasteiger partial charge in [-0.3, -0.25) is 4.79 Å². The third-order valence-electron chi connectivity index (χ3n) is 6.77. The predicted octanol–water partition coefficient (Wildman–Crippen LogP) is 2.31. The molecule has 1 spiro atoms. The molecule has 2 aliphatic heterocycles. The Morgan fingerprint density at radius 2 is 2.00 bits per heavy atom. The zero-order valence-electron chi connectivity index (χ0n) is 13.6. The van der Waals surface area contributed by atoms with Crippen molar-refractivity contribution < 1.29 is 9.53 Å². The van der Waals surface area contributed by atoms with Crippen LogP contribution in [0.4, 0.5) is 0 Å². The molecule has 4 nitrogen and oxygen atoms in total. The maximum absolute atomic E-state index is 12.8. The van der Waals surface area contributed by atoms with E-state index in [0.717, 1.165) is 51.8 Å². The van der Waals surface area contributed by atoms with Crippen LogP contribution in [0.25, 0.3) is 0 Å². The number of carbonyl (C=O) groups excluding carboxylic acids is 1. The van der Waals surface area contributed by atoms with Gasteiger partial charge >= 0.3 is 0 Å². The first-order valence-electron chi connectivity index (χ1n) is 9.31. The fourth-order valence-electron chi connectivity index (χ4n) is 5.20. The number of carbonyl (C=O) groups is 1. The summed E-state index contributed by atoms with van der Waals surface area (Å²) in [5, 5.41) is 0. The van der Waals surface area contributed by atoms with Crippen LogP contribution in [0.3, 0.4) is 0 Å². The van der Waals surface area contributed by atoms with Gasteiger partial charge in [0.25, 0.3) is 0 Å². The van der Waals surface area contributed by atoms with Crippen LogP contribution < -0.4 is 5.73 Å². The largest absolute Gasteiger partial charge is 0.378 e. The van der Waals surface area contributed by atoms with Crippen molar-refractivity contribution in [3.8, 4) is 0 Å². The number of likely N-dealkylation sites (tertiary alicyclic amines) is 1. The summed E-state index contributed by atoms with van der Waals surface area (Å²) in [4.78, 5) is 14.9. The summed E-state index contributed by atoms with van der Waals surface area (Å²) in [5.74, 6) is 1.26. The van der Waals surface area contributed by atoms with E-state index < -0.39 is 0 Å². The zero-order chi connectivity index (χ0) is 15.2. The van der Waals surface area contributed by atoms with E-state index in [1.54, 1.807) is 0 Å². The first kappa shape index (κ1) is 14.9. The molecule has 0 bridgehead atoms. The summed E-state index contributed by atoms with van der Waals surface area (Å²) in [7, 11) is 0. The van der Waals surface area contributed by atoms with Gasteiger partial charge in [0, 0.05) is 37.6 Å². The molecular formula is C18H30N2O2. The van der Waals surface area contributed by atoms with Crippen LogP contribution in [0.1, 0.15) is 57.8 Å². The topological polar surface area (TPSA) is 55.6 Å². The molecule has 1 amide bonds. The van der Waals surface area contributed by atoms with Crippen LogP contribution in [-0.2, 0) is 9.53 Å². The number of nitrogens with zero attached hydrogens (tertiary/aromatic N) is 1. The predicted molar refractivity (Wildman–Crippen MR) is 85.3 cm³/mol. The van der Waals surface area contributed by atoms with Crippen LogP contribution in [0, 0.1) is 17.3 Å². The van der Waals surface area contributed by atoms with E-state index in [2.05, 4.69) is 4.90 Å². The number of ether oxygens (including phenoxy) is 1. The van der Waals surface area contributed by atoms with E-state index in [0.29, 0.717) is 23.2 Å². The highest BCUT2D eigenvalue weighted by Crippen LogP contribution is 2.59. The van der Waals surface area contributed by atoms with Crippen molar-refractivity contribution in [2.75, 3.05) is 19.7 Å². The molecule has 4 aliphatic rings. The highest BCUT2D eigenvalue weighted by Gasteiger charge is 2.51. The van der Waals surface area contributed by atoms with Crippen molar-refractivity contribution >= 4 is 5.91 Å². The fraction of sp³-hybridized carbons (Fsp3) is 0.944. The Balaban J connectivity index is 1.31. The summed E-state index contributed by atoms with van der Waals surface area (Å²) in [6, 6.07) is 0.287. The van der Waals surface area contributed by atoms with Crippen LogP contribution in [0.5, 0.6) is 0 Å². The van der Waals surface area contributed by atoms with Gasteiger partial charge in [-0.2, -0.15) is 0 Å². The molecule has 2 saturated carbocycles. The number of amides is 1. The normalized spacial score (nSPS) is 38.4. The standard InChI is InChI=1S/C18H30N2O2/c19-15-4-8-22-16(9-15)13-3-1-7-20(12-13)17(21)14-10-18(11-14)5-2-6-18/h13-16H,1-12,19H2. The Morgan fingerprint density at radius 1 is 1.18 bits per heavy atom. The Hall–Kier alpha value is -0.610. The summed E-state index contributed by atoms with van der Waals surface area (Å²) in [5.41, 5.74) is 6.69. The Bertz CT molecular complexity index is 427. The molecular weight excluding hydrogens is 276 g/mol. The minimum atomic E-state index is 0.277. The first-order valence-corrected chi connectivity index (χ1v) is 9.31. The van der Waals surface area contributed by atoms with Gasteiger partial charge in [-0.25, -0.2) is 0 Å². The molecule has 4 rings (SSSR count). The second kappa shape index (κ2) is 5.79. The molecule has 2 saturated heterocycles. The third kappa shape index (κ3) is 2.69. The second-order valence-corrected chi connectivity index (χ2v) is 8.34. The molecule has 0 aromatic rings. The van der Waals surface area contributed by atoms with E-state index in [1.807, 2.05) is 0 Å². The molecule has 22 heavy (non-hydrogen) atoms. The number of hydrogen-bond donors (Lipinski definition) is 1. The molecule has 0 aromatic carbocycles. The minimum Gasteiger partial charge on any atom is -0.378 e. The lowest BCUT2D eigenvalue weighted by molar-refractivity contribution is -0.151. The van der Waals surface area contributed by atoms with Crippen molar-refractivity contribution in [2.24, 2.45) is 23.0 Å². The highest BCUT2D eigenvalue weighted by molar-refractivity contribution is 5.80. The maximum Gasteiger partial charge on any atom is 0.225 e. The summed E-state index contributed by atoms with van der Waals surface area (Å²) in [6.45, 7) is 2.65. The Kier molecular flexibility index (Phi) is 3.93. The van der Waals surface area contributed by atoms with Crippen LogP contribution in [0.15, 0.2) is 0 Å². The van der Waals surface area contributed by atoms with Gasteiger partial charge in [-0.1, -0.05) is 6.42 Å². The van der Waals surface area contributed by atoms with Gasteiger partial charge in [0.15, 0.2) is 0 Å². The monoisotopic (exact) mass is 306 g/mol. The first-order chi connectivity index (χ1) is 10.7. The molecule has 2 heterocycles. The van der Waals surface area contributed by atoms with Crippen molar-refractivity contribution in [3.63, 3.8) is 0 Å². The van der Waals surface area contributed by atoms with Crippen LogP contribution in [0.2, 0.25) is 0 Å². The van der Waals surface area contributed by atoms with E-state index >= 15 is 0 Å². The molecule has 0 aromatic heterocycles. The van der Waals surface area contributed by atoms with Crippen molar-refractivity contribution in [1.29, 1.82) is 0 Å². The second-order valence-electron chi connectivity index (χ2n) is 8.34. The lowest BCUT2D eigenvalue weighted by Crippen LogP contribution is -2.53. The molecule has 3 unspecified atom stereocenters. The molecule has 0 radical (unpaired) electrons. The van der Waals surface area contributed by atoms with Gasteiger partial charge in [0.05, 0.1) is 6.10 Å². The Morgan fingerprint density at radius 3 is 2.68 bits per heavy atom. The van der Waals surface area contributed by atoms with E-state index in [1.165, 1.54) is 25.7 Å². The van der Waals surface area contributed by atoms with Gasteiger partial charge in [-0.05, 0) is 56.8 Å². The number of hydrogen-bond acceptors (Lipinski definition) is 3. The average molecular weight is 306 g/mol. The zero-order valence-corrected chi connectivity index (χ0v) is 13.6. The van der Waals surface area contributed by atoms with Crippen molar-refractivity contribution in [3.05, 3.63) is 0 Å². The smallest absolute Gasteiger partial charge is 0.225 e. The van der Waals surface area contributed by atoms with Crippen LogP contribution >= 0.6 is 0 Å². The van der Waals surface area contributed by atoms with E-state index in [4.69, 9.17) is 10.5 Å². The quantitative estimate of drug-likeness (QED) is 0.852. The SMILES string of the molecule is NC1CCOC(C2CCCN(C(=O)C3CC4(CCC4)C3)C2)C1. The third-order valence-corrected chi connectivity index (χ3v) is 6.77. The summed E-state index contributed by atoms with van der Waals surface area (Å²) >= 11 is 0. The van der Waals surface area contributed by atoms with Crippen molar-refractivity contribution in [2.45, 2.75) is 69.9 Å². The van der Waals surface area contributed by atoms with E-state index in [-0.39, 0.29) is 12.1 Å². The minimum absolute atomic E-state index is 0.277. The average Bonchev–Trinajstić information content (AvgIpc) is 2.44. The summed E-state index contributed by atoms with van der Waals surface area (Å²) in [6.07, 6.45) is 11.0. The van der Waals surface area contributed by atoms with Gasteiger partial charge in [0.1, 0.15) is 0 Å². The lowest BCUT2D eigenvalue weighted by atomic mass is 9.51. The number of rotatable bonds is 2. The highest BCUT2D eigenvalue weighted by atomic mass is 16.5. The van der Waals surface area contributed by atoms with Crippen LogP contribution in [-0.4, -0.2) is 42.6 Å². The molecule has 2 N–H and O–H groups in total. The maximum atomic E-state index is 12.8. The lowest BCUT2D eigenvalue weighted by Gasteiger charge is -2.54. The summed E-state index contributed by atoms with van der Waals surface area (Å²) < 4.78 is 5.96. The molecule has 3 atom stereocenters.